The number of hydrazone groups is 1. The Morgan fingerprint density at radius 2 is 2.12 bits per heavy atom. The summed E-state index contributed by atoms with van der Waals surface area (Å²) in [7, 11) is 0. The first-order chi connectivity index (χ1) is 7.84. The zero-order valence-corrected chi connectivity index (χ0v) is 12.3. The van der Waals surface area contributed by atoms with Crippen LogP contribution in [-0.2, 0) is 0 Å². The van der Waals surface area contributed by atoms with Gasteiger partial charge in [-0.3, -0.25) is 0 Å². The van der Waals surface area contributed by atoms with Gasteiger partial charge in [0.1, 0.15) is 0 Å². The second-order valence-electron chi connectivity index (χ2n) is 5.43. The van der Waals surface area contributed by atoms with Crippen LogP contribution in [0, 0.1) is 11.3 Å². The van der Waals surface area contributed by atoms with Gasteiger partial charge in [-0.15, -0.1) is 11.8 Å². The predicted molar refractivity (Wildman–Crippen MR) is 74.9 cm³/mol. The summed E-state index contributed by atoms with van der Waals surface area (Å²) in [4.78, 5) is 0. The molecule has 1 unspecified atom stereocenters. The second kappa shape index (κ2) is 5.67. The quantitative estimate of drug-likeness (QED) is 0.716. The Morgan fingerprint density at radius 1 is 1.47 bits per heavy atom. The maximum absolute atomic E-state index is 4.46. The molecule has 0 aromatic carbocycles. The average molecular weight is 254 g/mol. The standard InChI is InChI=1S/C12H22N4S/c1-9(2)7-13-16-8-10(12(3,4)5)14-15-11(16)17-6/h7-9,11H,1-6H3. The molecule has 0 radical (unpaired) electrons. The highest BCUT2D eigenvalue weighted by atomic mass is 32.2. The number of allylic oxidation sites excluding steroid dienone is 1. The molecule has 0 aromatic heterocycles. The van der Waals surface area contributed by atoms with Crippen molar-refractivity contribution in [1.82, 2.24) is 5.01 Å². The summed E-state index contributed by atoms with van der Waals surface area (Å²) in [5.74, 6) is 0.433. The molecule has 1 aliphatic rings. The van der Waals surface area contributed by atoms with Gasteiger partial charge >= 0.3 is 0 Å². The van der Waals surface area contributed by atoms with Crippen molar-refractivity contribution >= 4 is 18.0 Å². The average Bonchev–Trinajstić information content (AvgIpc) is 2.24. The van der Waals surface area contributed by atoms with Gasteiger partial charge in [0.15, 0.2) is 0 Å². The van der Waals surface area contributed by atoms with E-state index in [-0.39, 0.29) is 10.9 Å². The highest BCUT2D eigenvalue weighted by Crippen LogP contribution is 2.32. The second-order valence-corrected chi connectivity index (χ2v) is 6.32. The minimum atomic E-state index is -0.0453. The van der Waals surface area contributed by atoms with E-state index < -0.39 is 0 Å². The van der Waals surface area contributed by atoms with E-state index in [2.05, 4.69) is 49.9 Å². The molecular formula is C12H22N4S. The fourth-order valence-corrected chi connectivity index (χ4v) is 1.65. The summed E-state index contributed by atoms with van der Waals surface area (Å²) in [5, 5.41) is 14.9. The SMILES string of the molecule is CSC1N=NC(C(C)(C)C)=CN1N=CC(C)C. The zero-order chi connectivity index (χ0) is 13.1. The molecule has 0 saturated carbocycles. The summed E-state index contributed by atoms with van der Waals surface area (Å²) in [5.41, 5.74) is 0.915. The first kappa shape index (κ1) is 14.2. The normalized spacial score (nSPS) is 21.5. The van der Waals surface area contributed by atoms with Crippen LogP contribution < -0.4 is 0 Å². The molecule has 5 heteroatoms. The molecular weight excluding hydrogens is 232 g/mol. The van der Waals surface area contributed by atoms with E-state index >= 15 is 0 Å². The van der Waals surface area contributed by atoms with Crippen molar-refractivity contribution in [2.45, 2.75) is 40.1 Å². The Hall–Kier alpha value is -0.840. The topological polar surface area (TPSA) is 40.3 Å². The molecule has 0 bridgehead atoms. The van der Waals surface area contributed by atoms with E-state index in [0.29, 0.717) is 5.92 Å². The largest absolute Gasteiger partial charge is 0.235 e. The van der Waals surface area contributed by atoms with Crippen molar-refractivity contribution < 1.29 is 0 Å². The Balaban J connectivity index is 2.90. The molecule has 96 valence electrons. The molecule has 0 N–H and O–H groups in total. The number of azo groups is 1. The van der Waals surface area contributed by atoms with E-state index in [1.165, 1.54) is 0 Å². The number of thioether (sulfide) groups is 1. The monoisotopic (exact) mass is 254 g/mol. The van der Waals surface area contributed by atoms with Gasteiger partial charge in [0, 0.05) is 11.6 Å². The lowest BCUT2D eigenvalue weighted by molar-refractivity contribution is 0.333. The number of hydrogen-bond acceptors (Lipinski definition) is 5. The molecule has 17 heavy (non-hydrogen) atoms. The third-order valence-electron chi connectivity index (χ3n) is 2.22. The fourth-order valence-electron chi connectivity index (χ4n) is 1.18. The maximum atomic E-state index is 4.46. The van der Waals surface area contributed by atoms with E-state index in [1.54, 1.807) is 11.8 Å². The van der Waals surface area contributed by atoms with Crippen LogP contribution in [0.25, 0.3) is 0 Å². The first-order valence-corrected chi connectivity index (χ1v) is 7.11. The highest BCUT2D eigenvalue weighted by molar-refractivity contribution is 7.99. The molecule has 0 aromatic rings. The van der Waals surface area contributed by atoms with E-state index in [4.69, 9.17) is 0 Å². The molecule has 1 aliphatic heterocycles. The summed E-state index contributed by atoms with van der Waals surface area (Å²) in [6, 6.07) is 0. The Bertz CT molecular complexity index is 339. The summed E-state index contributed by atoms with van der Waals surface area (Å²) in [6.07, 6.45) is 5.94. The van der Waals surface area contributed by atoms with Crippen molar-refractivity contribution in [3.8, 4) is 0 Å². The van der Waals surface area contributed by atoms with Gasteiger partial charge in [-0.1, -0.05) is 34.6 Å². The highest BCUT2D eigenvalue weighted by Gasteiger charge is 2.25. The van der Waals surface area contributed by atoms with Gasteiger partial charge in [-0.05, 0) is 12.2 Å². The van der Waals surface area contributed by atoms with Crippen LogP contribution in [0.5, 0.6) is 0 Å². The fraction of sp³-hybridized carbons (Fsp3) is 0.750. The molecule has 1 atom stereocenters. The van der Waals surface area contributed by atoms with E-state index in [1.807, 2.05) is 23.7 Å². The Labute approximate surface area is 108 Å². The van der Waals surface area contributed by atoms with Crippen molar-refractivity contribution in [3.63, 3.8) is 0 Å². The number of nitrogens with zero attached hydrogens (tertiary/aromatic N) is 4. The molecule has 4 nitrogen and oxygen atoms in total. The number of hydrogen-bond donors (Lipinski definition) is 0. The van der Waals surface area contributed by atoms with Crippen molar-refractivity contribution in [2.24, 2.45) is 26.7 Å². The zero-order valence-electron chi connectivity index (χ0n) is 11.5. The number of rotatable bonds is 3. The molecule has 0 aliphatic carbocycles. The summed E-state index contributed by atoms with van der Waals surface area (Å²) < 4.78 is 0. The summed E-state index contributed by atoms with van der Waals surface area (Å²) in [6.45, 7) is 10.6. The molecule has 0 fully saturated rings. The van der Waals surface area contributed by atoms with Gasteiger partial charge in [-0.25, -0.2) is 5.01 Å². The first-order valence-electron chi connectivity index (χ1n) is 5.83. The molecule has 1 rings (SSSR count). The van der Waals surface area contributed by atoms with Gasteiger partial charge in [0.2, 0.25) is 5.50 Å². The Morgan fingerprint density at radius 3 is 2.59 bits per heavy atom. The Kier molecular flexibility index (Phi) is 4.74. The lowest BCUT2D eigenvalue weighted by Crippen LogP contribution is -2.26. The lowest BCUT2D eigenvalue weighted by atomic mass is 9.93. The van der Waals surface area contributed by atoms with E-state index in [0.717, 1.165) is 5.70 Å². The van der Waals surface area contributed by atoms with Crippen LogP contribution in [0.1, 0.15) is 34.6 Å². The van der Waals surface area contributed by atoms with Crippen LogP contribution in [0.2, 0.25) is 0 Å². The lowest BCUT2D eigenvalue weighted by Gasteiger charge is -2.28. The van der Waals surface area contributed by atoms with Crippen molar-refractivity contribution in [1.29, 1.82) is 0 Å². The summed E-state index contributed by atoms with van der Waals surface area (Å²) >= 11 is 1.63. The van der Waals surface area contributed by atoms with Gasteiger partial charge in [-0.2, -0.15) is 15.3 Å². The van der Waals surface area contributed by atoms with Crippen LogP contribution >= 0.6 is 11.8 Å². The molecule has 1 heterocycles. The third-order valence-corrected chi connectivity index (χ3v) is 2.95. The van der Waals surface area contributed by atoms with Crippen LogP contribution in [-0.4, -0.2) is 23.0 Å². The van der Waals surface area contributed by atoms with Crippen molar-refractivity contribution in [3.05, 3.63) is 11.9 Å². The third kappa shape index (κ3) is 4.15. The predicted octanol–water partition coefficient (Wildman–Crippen LogP) is 3.93. The van der Waals surface area contributed by atoms with Gasteiger partial charge in [0.05, 0.1) is 11.9 Å². The van der Waals surface area contributed by atoms with E-state index in [9.17, 15) is 0 Å². The maximum Gasteiger partial charge on any atom is 0.208 e. The molecule has 0 amide bonds. The molecule has 0 saturated heterocycles. The van der Waals surface area contributed by atoms with Crippen LogP contribution in [0.4, 0.5) is 0 Å². The smallest absolute Gasteiger partial charge is 0.208 e. The van der Waals surface area contributed by atoms with Crippen molar-refractivity contribution in [2.75, 3.05) is 6.26 Å². The minimum Gasteiger partial charge on any atom is -0.235 e. The van der Waals surface area contributed by atoms with Gasteiger partial charge < -0.3 is 0 Å². The minimum absolute atomic E-state index is 0.00151. The van der Waals surface area contributed by atoms with Crippen LogP contribution in [0.15, 0.2) is 27.2 Å². The van der Waals surface area contributed by atoms with Gasteiger partial charge in [0.25, 0.3) is 0 Å². The van der Waals surface area contributed by atoms with Crippen LogP contribution in [0.3, 0.4) is 0 Å². The molecule has 0 spiro atoms.